The van der Waals surface area contributed by atoms with Gasteiger partial charge in [0.15, 0.2) is 0 Å². The lowest BCUT2D eigenvalue weighted by molar-refractivity contribution is -0.132. The second-order valence-electron chi connectivity index (χ2n) is 4.70. The summed E-state index contributed by atoms with van der Waals surface area (Å²) in [7, 11) is 1.70. The Morgan fingerprint density at radius 2 is 2.05 bits per heavy atom. The Hall–Kier alpha value is -2.54. The van der Waals surface area contributed by atoms with Crippen molar-refractivity contribution in [2.45, 2.75) is 13.0 Å². The van der Waals surface area contributed by atoms with Gasteiger partial charge in [0.05, 0.1) is 18.6 Å². The van der Waals surface area contributed by atoms with Gasteiger partial charge in [-0.1, -0.05) is 30.3 Å². The van der Waals surface area contributed by atoms with E-state index in [1.807, 2.05) is 36.4 Å². The van der Waals surface area contributed by atoms with Gasteiger partial charge in [-0.3, -0.25) is 4.79 Å². The molecule has 0 spiro atoms. The van der Waals surface area contributed by atoms with Crippen LogP contribution in [0.2, 0.25) is 0 Å². The van der Waals surface area contributed by atoms with E-state index in [0.717, 1.165) is 11.1 Å². The van der Waals surface area contributed by atoms with Gasteiger partial charge in [-0.25, -0.2) is 0 Å². The molecule has 0 radical (unpaired) electrons. The molecule has 0 N–H and O–H groups in total. The topological polar surface area (TPSA) is 57.2 Å². The first-order valence-corrected chi connectivity index (χ1v) is 6.40. The van der Waals surface area contributed by atoms with Crippen LogP contribution in [0.25, 0.3) is 0 Å². The number of hydrogen-bond acceptors (Lipinski definition) is 3. The van der Waals surface area contributed by atoms with Gasteiger partial charge in [0, 0.05) is 19.2 Å². The Kier molecular flexibility index (Phi) is 4.56. The number of carbonyl (C=O) groups excluding carboxylic acids is 1. The highest BCUT2D eigenvalue weighted by Gasteiger charge is 2.22. The molecule has 4 nitrogen and oxygen atoms in total. The number of nitriles is 1. The standard InChI is InChI=1S/C16H16N2O2/c1-18(11-14-7-8-20-12-14)16(19)15(10-17)9-13-5-3-2-4-6-13/h2-8,12,15H,9,11H2,1H3. The fourth-order valence-corrected chi connectivity index (χ4v) is 2.04. The molecular weight excluding hydrogens is 252 g/mol. The second kappa shape index (κ2) is 6.58. The molecular formula is C16H16N2O2. The summed E-state index contributed by atoms with van der Waals surface area (Å²) in [6, 6.07) is 13.5. The first-order valence-electron chi connectivity index (χ1n) is 6.40. The van der Waals surface area contributed by atoms with E-state index in [1.54, 1.807) is 24.5 Å². The van der Waals surface area contributed by atoms with Crippen LogP contribution in [0.1, 0.15) is 11.1 Å². The minimum atomic E-state index is -0.658. The molecule has 0 fully saturated rings. The van der Waals surface area contributed by atoms with Crippen molar-refractivity contribution in [3.63, 3.8) is 0 Å². The fourth-order valence-electron chi connectivity index (χ4n) is 2.04. The quantitative estimate of drug-likeness (QED) is 0.837. The van der Waals surface area contributed by atoms with Gasteiger partial charge in [-0.05, 0) is 18.1 Å². The Morgan fingerprint density at radius 3 is 2.65 bits per heavy atom. The number of nitrogens with zero attached hydrogens (tertiary/aromatic N) is 2. The maximum Gasteiger partial charge on any atom is 0.240 e. The van der Waals surface area contributed by atoms with Crippen molar-refractivity contribution in [3.05, 3.63) is 60.1 Å². The molecule has 1 heterocycles. The molecule has 1 aromatic heterocycles. The summed E-state index contributed by atoms with van der Waals surface area (Å²) in [4.78, 5) is 13.8. The van der Waals surface area contributed by atoms with Gasteiger partial charge < -0.3 is 9.32 Å². The molecule has 1 amide bonds. The van der Waals surface area contributed by atoms with E-state index in [1.165, 1.54) is 0 Å². The number of amides is 1. The Bertz CT molecular complexity index is 585. The Morgan fingerprint density at radius 1 is 1.30 bits per heavy atom. The minimum Gasteiger partial charge on any atom is -0.472 e. The highest BCUT2D eigenvalue weighted by atomic mass is 16.3. The predicted molar refractivity (Wildman–Crippen MR) is 74.4 cm³/mol. The van der Waals surface area contributed by atoms with Crippen LogP contribution in [-0.2, 0) is 17.8 Å². The van der Waals surface area contributed by atoms with Crippen molar-refractivity contribution in [3.8, 4) is 6.07 Å². The summed E-state index contributed by atoms with van der Waals surface area (Å²) >= 11 is 0. The zero-order valence-electron chi connectivity index (χ0n) is 11.3. The monoisotopic (exact) mass is 268 g/mol. The van der Waals surface area contributed by atoms with E-state index in [4.69, 9.17) is 4.42 Å². The first-order chi connectivity index (χ1) is 9.70. The van der Waals surface area contributed by atoms with Crippen LogP contribution in [-0.4, -0.2) is 17.9 Å². The summed E-state index contributed by atoms with van der Waals surface area (Å²) in [5.74, 6) is -0.827. The molecule has 20 heavy (non-hydrogen) atoms. The van der Waals surface area contributed by atoms with Gasteiger partial charge in [-0.15, -0.1) is 0 Å². The van der Waals surface area contributed by atoms with E-state index >= 15 is 0 Å². The molecule has 1 atom stereocenters. The molecule has 1 unspecified atom stereocenters. The number of rotatable bonds is 5. The molecule has 102 valence electrons. The SMILES string of the molecule is CN(Cc1ccoc1)C(=O)C(C#N)Cc1ccccc1. The zero-order valence-corrected chi connectivity index (χ0v) is 11.3. The molecule has 0 bridgehead atoms. The van der Waals surface area contributed by atoms with E-state index in [9.17, 15) is 10.1 Å². The molecule has 0 aliphatic carbocycles. The minimum absolute atomic E-state index is 0.169. The van der Waals surface area contributed by atoms with Crippen LogP contribution in [0.15, 0.2) is 53.3 Å². The van der Waals surface area contributed by atoms with Crippen LogP contribution in [0, 0.1) is 17.2 Å². The summed E-state index contributed by atoms with van der Waals surface area (Å²) in [5.41, 5.74) is 1.90. The van der Waals surface area contributed by atoms with Gasteiger partial charge in [0.1, 0.15) is 5.92 Å². The number of carbonyl (C=O) groups is 1. The molecule has 0 saturated heterocycles. The maximum atomic E-state index is 12.3. The molecule has 4 heteroatoms. The fraction of sp³-hybridized carbons (Fsp3) is 0.250. The molecule has 0 aliphatic rings. The molecule has 0 saturated carbocycles. The lowest BCUT2D eigenvalue weighted by Gasteiger charge is -2.19. The Balaban J connectivity index is 2.00. The third kappa shape index (κ3) is 3.48. The summed E-state index contributed by atoms with van der Waals surface area (Å²) in [6.45, 7) is 0.447. The van der Waals surface area contributed by atoms with Crippen LogP contribution >= 0.6 is 0 Å². The molecule has 1 aromatic carbocycles. The van der Waals surface area contributed by atoms with Crippen molar-refractivity contribution >= 4 is 5.91 Å². The van der Waals surface area contributed by atoms with Gasteiger partial charge in [0.2, 0.25) is 5.91 Å². The second-order valence-corrected chi connectivity index (χ2v) is 4.70. The number of furan rings is 1. The maximum absolute atomic E-state index is 12.3. The normalized spacial score (nSPS) is 11.6. The average Bonchev–Trinajstić information content (AvgIpc) is 2.98. The zero-order chi connectivity index (χ0) is 14.4. The summed E-state index contributed by atoms with van der Waals surface area (Å²) in [6.07, 6.45) is 3.60. The van der Waals surface area contributed by atoms with Crippen molar-refractivity contribution in [1.29, 1.82) is 5.26 Å². The average molecular weight is 268 g/mol. The first kappa shape index (κ1) is 13.9. The Labute approximate surface area is 118 Å². The van der Waals surface area contributed by atoms with Crippen LogP contribution < -0.4 is 0 Å². The van der Waals surface area contributed by atoms with Crippen LogP contribution in [0.5, 0.6) is 0 Å². The van der Waals surface area contributed by atoms with E-state index in [2.05, 4.69) is 6.07 Å². The third-order valence-electron chi connectivity index (χ3n) is 3.11. The van der Waals surface area contributed by atoms with E-state index in [-0.39, 0.29) is 5.91 Å². The number of hydrogen-bond donors (Lipinski definition) is 0. The smallest absolute Gasteiger partial charge is 0.240 e. The van der Waals surface area contributed by atoms with Crippen molar-refractivity contribution in [2.24, 2.45) is 5.92 Å². The third-order valence-corrected chi connectivity index (χ3v) is 3.11. The van der Waals surface area contributed by atoms with Crippen molar-refractivity contribution < 1.29 is 9.21 Å². The highest BCUT2D eigenvalue weighted by Crippen LogP contribution is 2.13. The lowest BCUT2D eigenvalue weighted by Crippen LogP contribution is -2.32. The predicted octanol–water partition coefficient (Wildman–Crippen LogP) is 2.62. The van der Waals surface area contributed by atoms with Crippen LogP contribution in [0.4, 0.5) is 0 Å². The van der Waals surface area contributed by atoms with Crippen molar-refractivity contribution in [2.75, 3.05) is 7.05 Å². The highest BCUT2D eigenvalue weighted by molar-refractivity contribution is 5.81. The van der Waals surface area contributed by atoms with E-state index < -0.39 is 5.92 Å². The number of benzene rings is 1. The molecule has 2 aromatic rings. The van der Waals surface area contributed by atoms with Gasteiger partial charge in [0.25, 0.3) is 0 Å². The largest absolute Gasteiger partial charge is 0.472 e. The summed E-state index contributed by atoms with van der Waals surface area (Å²) < 4.78 is 4.97. The molecule has 0 aliphatic heterocycles. The van der Waals surface area contributed by atoms with Gasteiger partial charge >= 0.3 is 0 Å². The summed E-state index contributed by atoms with van der Waals surface area (Å²) in [5, 5.41) is 9.22. The molecule has 2 rings (SSSR count). The van der Waals surface area contributed by atoms with Crippen LogP contribution in [0.3, 0.4) is 0 Å². The lowest BCUT2D eigenvalue weighted by atomic mass is 9.99. The van der Waals surface area contributed by atoms with E-state index in [0.29, 0.717) is 13.0 Å². The van der Waals surface area contributed by atoms with Crippen molar-refractivity contribution in [1.82, 2.24) is 4.90 Å². The van der Waals surface area contributed by atoms with Gasteiger partial charge in [-0.2, -0.15) is 5.26 Å².